The number of nitrogens with one attached hydrogen (secondary N) is 1. The van der Waals surface area contributed by atoms with E-state index < -0.39 is 27.5 Å². The van der Waals surface area contributed by atoms with E-state index in [1.165, 1.54) is 22.7 Å². The number of rotatable bonds is 9. The third kappa shape index (κ3) is 5.20. The molecule has 1 aromatic carbocycles. The first-order chi connectivity index (χ1) is 18.6. The summed E-state index contributed by atoms with van der Waals surface area (Å²) in [6, 6.07) is 4.28. The van der Waals surface area contributed by atoms with Gasteiger partial charge in [0.2, 0.25) is 10.0 Å². The van der Waals surface area contributed by atoms with Crippen molar-refractivity contribution in [2.24, 2.45) is 5.92 Å². The van der Waals surface area contributed by atoms with E-state index in [-0.39, 0.29) is 47.5 Å². The van der Waals surface area contributed by atoms with Crippen LogP contribution in [0.4, 0.5) is 0 Å². The van der Waals surface area contributed by atoms with Crippen molar-refractivity contribution in [3.63, 3.8) is 0 Å². The molecule has 3 aromatic rings. The molecule has 0 aliphatic carbocycles. The summed E-state index contributed by atoms with van der Waals surface area (Å²) < 4.78 is 40.3. The van der Waals surface area contributed by atoms with Crippen LogP contribution in [0.1, 0.15) is 57.5 Å². The molecule has 1 aliphatic rings. The maximum atomic E-state index is 13.6. The van der Waals surface area contributed by atoms with Gasteiger partial charge in [0.15, 0.2) is 11.3 Å². The first-order valence-corrected chi connectivity index (χ1v) is 14.4. The van der Waals surface area contributed by atoms with Gasteiger partial charge in [0.1, 0.15) is 23.3 Å². The Morgan fingerprint density at radius 1 is 1.21 bits per heavy atom. The number of Topliss-reactive ketones (excluding diaryl/α,β-unsaturated/α-hetero) is 1. The standard InChI is InChI=1S/C26H33N5O7S/c1-6-16(7-2)24-27-15(4)22-25(33)28-23(29-31(22)24)18-13-17(9-10-21(18)38-8-3)39(35,36)30-12-11-20(32)19(14-30)26(34)37-5/h9-10,13,16,19H,6-8,11-12,14H2,1-5H3,(H,28,29,33). The molecule has 0 radical (unpaired) electrons. The van der Waals surface area contributed by atoms with Crippen molar-refractivity contribution < 1.29 is 27.5 Å². The summed E-state index contributed by atoms with van der Waals surface area (Å²) in [6.07, 6.45) is 1.51. The van der Waals surface area contributed by atoms with Crippen molar-refractivity contribution in [1.29, 1.82) is 0 Å². The van der Waals surface area contributed by atoms with Gasteiger partial charge in [0.05, 0.1) is 29.9 Å². The Balaban J connectivity index is 1.84. The van der Waals surface area contributed by atoms with E-state index in [2.05, 4.69) is 19.8 Å². The predicted octanol–water partition coefficient (Wildman–Crippen LogP) is 2.45. The number of aromatic amines is 1. The molecule has 2 aromatic heterocycles. The van der Waals surface area contributed by atoms with Gasteiger partial charge in [0, 0.05) is 25.4 Å². The van der Waals surface area contributed by atoms with Gasteiger partial charge in [-0.3, -0.25) is 14.4 Å². The summed E-state index contributed by atoms with van der Waals surface area (Å²) in [5, 5.41) is 4.68. The van der Waals surface area contributed by atoms with Gasteiger partial charge in [0.25, 0.3) is 5.56 Å². The summed E-state index contributed by atoms with van der Waals surface area (Å²) in [5.74, 6) is -1.12. The minimum absolute atomic E-state index is 0.0641. The maximum absolute atomic E-state index is 13.6. The normalized spacial score (nSPS) is 16.7. The van der Waals surface area contributed by atoms with Crippen LogP contribution in [0, 0.1) is 12.8 Å². The van der Waals surface area contributed by atoms with E-state index in [0.717, 1.165) is 24.3 Å². The number of benzene rings is 1. The summed E-state index contributed by atoms with van der Waals surface area (Å²) in [4.78, 5) is 44.8. The second-order valence-electron chi connectivity index (χ2n) is 9.38. The van der Waals surface area contributed by atoms with E-state index >= 15 is 0 Å². The lowest BCUT2D eigenvalue weighted by Crippen LogP contribution is -2.47. The summed E-state index contributed by atoms with van der Waals surface area (Å²) in [7, 11) is -2.97. The number of esters is 1. The van der Waals surface area contributed by atoms with Crippen LogP contribution >= 0.6 is 0 Å². The summed E-state index contributed by atoms with van der Waals surface area (Å²) in [6.45, 7) is 7.54. The van der Waals surface area contributed by atoms with Gasteiger partial charge in [-0.15, -0.1) is 5.10 Å². The zero-order chi connectivity index (χ0) is 28.5. The van der Waals surface area contributed by atoms with E-state index in [0.29, 0.717) is 29.4 Å². The van der Waals surface area contributed by atoms with Gasteiger partial charge < -0.3 is 14.5 Å². The number of hydrogen-bond acceptors (Lipinski definition) is 9. The third-order valence-corrected chi connectivity index (χ3v) is 8.92. The lowest BCUT2D eigenvalue weighted by Gasteiger charge is -2.29. The molecule has 0 amide bonds. The van der Waals surface area contributed by atoms with Crippen LogP contribution < -0.4 is 10.3 Å². The van der Waals surface area contributed by atoms with Crippen LogP contribution in [0.5, 0.6) is 5.75 Å². The van der Waals surface area contributed by atoms with Crippen LogP contribution in [0.2, 0.25) is 0 Å². The highest BCUT2D eigenvalue weighted by Crippen LogP contribution is 2.33. The molecule has 39 heavy (non-hydrogen) atoms. The molecule has 1 atom stereocenters. The molecule has 1 unspecified atom stereocenters. The molecular weight excluding hydrogens is 526 g/mol. The van der Waals surface area contributed by atoms with E-state index in [1.54, 1.807) is 13.8 Å². The first-order valence-electron chi connectivity index (χ1n) is 12.9. The molecule has 210 valence electrons. The van der Waals surface area contributed by atoms with Crippen molar-refractivity contribution in [2.75, 3.05) is 26.8 Å². The second kappa shape index (κ2) is 11.3. The molecule has 0 saturated carbocycles. The molecule has 3 heterocycles. The van der Waals surface area contributed by atoms with Crippen molar-refractivity contribution in [3.05, 3.63) is 40.1 Å². The average molecular weight is 560 g/mol. The topological polar surface area (TPSA) is 153 Å². The van der Waals surface area contributed by atoms with Crippen molar-refractivity contribution in [1.82, 2.24) is 23.9 Å². The molecule has 1 aliphatic heterocycles. The number of sulfonamides is 1. The van der Waals surface area contributed by atoms with Gasteiger partial charge in [-0.25, -0.2) is 17.9 Å². The van der Waals surface area contributed by atoms with E-state index in [9.17, 15) is 22.8 Å². The quantitative estimate of drug-likeness (QED) is 0.308. The van der Waals surface area contributed by atoms with Crippen molar-refractivity contribution in [3.8, 4) is 17.1 Å². The zero-order valence-corrected chi connectivity index (χ0v) is 23.5. The van der Waals surface area contributed by atoms with Gasteiger partial charge in [-0.1, -0.05) is 13.8 Å². The fraction of sp³-hybridized carbons (Fsp3) is 0.500. The smallest absolute Gasteiger partial charge is 0.317 e. The lowest BCUT2D eigenvalue weighted by atomic mass is 9.98. The predicted molar refractivity (Wildman–Crippen MR) is 142 cm³/mol. The molecule has 13 heteroatoms. The lowest BCUT2D eigenvalue weighted by molar-refractivity contribution is -0.150. The Morgan fingerprint density at radius 3 is 2.56 bits per heavy atom. The molecular formula is C26H33N5O7S. The number of carbonyl (C=O) groups excluding carboxylic acids is 2. The second-order valence-corrected chi connectivity index (χ2v) is 11.3. The molecule has 1 fully saturated rings. The maximum Gasteiger partial charge on any atom is 0.317 e. The zero-order valence-electron chi connectivity index (χ0n) is 22.7. The van der Waals surface area contributed by atoms with Gasteiger partial charge >= 0.3 is 5.97 Å². The molecule has 0 spiro atoms. The third-order valence-electron chi connectivity index (χ3n) is 7.06. The van der Waals surface area contributed by atoms with Crippen LogP contribution in [0.15, 0.2) is 27.9 Å². The first kappa shape index (κ1) is 28.4. The number of aromatic nitrogens is 4. The van der Waals surface area contributed by atoms with Gasteiger partial charge in [-0.05, 0) is 44.9 Å². The molecule has 1 N–H and O–H groups in total. The molecule has 0 bridgehead atoms. The van der Waals surface area contributed by atoms with Crippen molar-refractivity contribution in [2.45, 2.75) is 57.8 Å². The number of H-pyrrole nitrogens is 1. The number of hydrogen-bond donors (Lipinski definition) is 1. The fourth-order valence-electron chi connectivity index (χ4n) is 4.89. The number of ketones is 1. The summed E-state index contributed by atoms with van der Waals surface area (Å²) in [5.41, 5.74) is 0.748. The minimum atomic E-state index is -4.12. The average Bonchev–Trinajstić information content (AvgIpc) is 3.25. The Hall–Kier alpha value is -3.58. The monoisotopic (exact) mass is 559 g/mol. The van der Waals surface area contributed by atoms with Crippen molar-refractivity contribution >= 4 is 27.3 Å². The number of imidazole rings is 1. The minimum Gasteiger partial charge on any atom is -0.493 e. The van der Waals surface area contributed by atoms with Crippen LogP contribution in [-0.2, 0) is 24.3 Å². The Labute approximate surface area is 226 Å². The summed E-state index contributed by atoms with van der Waals surface area (Å²) >= 11 is 0. The van der Waals surface area contributed by atoms with E-state index in [1.807, 2.05) is 13.8 Å². The number of fused-ring (bicyclic) bond motifs is 1. The Kier molecular flexibility index (Phi) is 8.21. The van der Waals surface area contributed by atoms with Crippen LogP contribution in [-0.4, -0.2) is 70.9 Å². The molecule has 1 saturated heterocycles. The SMILES string of the molecule is CCOc1ccc(S(=O)(=O)N2CCC(=O)C(C(=O)OC)C2)cc1-c1nn2c(C(CC)CC)nc(C)c2c(=O)[nH]1. The largest absolute Gasteiger partial charge is 0.493 e. The number of carbonyl (C=O) groups is 2. The molecule has 12 nitrogen and oxygen atoms in total. The fourth-order valence-corrected chi connectivity index (χ4v) is 6.37. The number of nitrogens with zero attached hydrogens (tertiary/aromatic N) is 4. The molecule has 4 rings (SSSR count). The highest BCUT2D eigenvalue weighted by Gasteiger charge is 2.39. The Morgan fingerprint density at radius 2 is 1.92 bits per heavy atom. The van der Waals surface area contributed by atoms with Crippen LogP contribution in [0.25, 0.3) is 16.9 Å². The Bertz CT molecular complexity index is 1570. The number of aryl methyl sites for hydroxylation is 1. The highest BCUT2D eigenvalue weighted by molar-refractivity contribution is 7.89. The number of piperidine rings is 1. The number of methoxy groups -OCH3 is 1. The highest BCUT2D eigenvalue weighted by atomic mass is 32.2. The number of ether oxygens (including phenoxy) is 2. The van der Waals surface area contributed by atoms with Gasteiger partial charge in [-0.2, -0.15) is 4.31 Å². The van der Waals surface area contributed by atoms with E-state index in [4.69, 9.17) is 4.74 Å². The van der Waals surface area contributed by atoms with Crippen LogP contribution in [0.3, 0.4) is 0 Å².